The zero-order valence-electron chi connectivity index (χ0n) is 10.4. The molecule has 0 atom stereocenters. The highest BCUT2D eigenvalue weighted by Gasteiger charge is 2.20. The number of aliphatic hydroxyl groups is 1. The van der Waals surface area contributed by atoms with Crippen LogP contribution in [0.3, 0.4) is 0 Å². The monoisotopic (exact) mass is 241 g/mol. The van der Waals surface area contributed by atoms with Crippen LogP contribution in [0.25, 0.3) is 0 Å². The lowest BCUT2D eigenvalue weighted by atomic mass is 10.0. The molecule has 0 bridgehead atoms. The molecule has 3 N–H and O–H groups in total. The number of nitrogens with zero attached hydrogens (tertiary/aromatic N) is 2. The van der Waals surface area contributed by atoms with Crippen LogP contribution in [0.1, 0.15) is 36.3 Å². The number of hydrogen-bond donors (Lipinski definition) is 3. The first-order chi connectivity index (χ1) is 7.87. The predicted octanol–water partition coefficient (Wildman–Crippen LogP) is 0.369. The molecule has 0 spiro atoms. The van der Waals surface area contributed by atoms with Crippen molar-refractivity contribution >= 4 is 5.97 Å². The Morgan fingerprint density at radius 3 is 2.76 bits per heavy atom. The first kappa shape index (κ1) is 13.7. The lowest BCUT2D eigenvalue weighted by Crippen LogP contribution is -2.40. The molecule has 1 aromatic rings. The van der Waals surface area contributed by atoms with E-state index in [0.29, 0.717) is 18.7 Å². The highest BCUT2D eigenvalue weighted by atomic mass is 16.4. The second-order valence-electron chi connectivity index (χ2n) is 4.64. The molecule has 0 unspecified atom stereocenters. The summed E-state index contributed by atoms with van der Waals surface area (Å²) in [5, 5.41) is 25.0. The summed E-state index contributed by atoms with van der Waals surface area (Å²) in [5.41, 5.74) is 0.595. The Hall–Kier alpha value is -1.40. The van der Waals surface area contributed by atoms with Gasteiger partial charge in [0.25, 0.3) is 0 Å². The third-order valence-electron chi connectivity index (χ3n) is 2.76. The zero-order chi connectivity index (χ0) is 13.1. The molecular weight excluding hydrogens is 222 g/mol. The minimum atomic E-state index is -0.977. The van der Waals surface area contributed by atoms with Gasteiger partial charge in [0.2, 0.25) is 0 Å². The number of aryl methyl sites for hydroxylation is 1. The fourth-order valence-corrected chi connectivity index (χ4v) is 1.54. The van der Waals surface area contributed by atoms with Gasteiger partial charge in [0, 0.05) is 25.7 Å². The van der Waals surface area contributed by atoms with Gasteiger partial charge >= 0.3 is 5.97 Å². The molecule has 0 saturated heterocycles. The SMILES string of the molecule is Cn1ncc(C(=O)O)c1CNC(C)(C)CCO. The number of aliphatic hydroxyl groups excluding tert-OH is 1. The Labute approximate surface area is 100 Å². The fraction of sp³-hybridized carbons (Fsp3) is 0.636. The Morgan fingerprint density at radius 1 is 1.59 bits per heavy atom. The molecule has 17 heavy (non-hydrogen) atoms. The summed E-state index contributed by atoms with van der Waals surface area (Å²) in [6, 6.07) is 0. The summed E-state index contributed by atoms with van der Waals surface area (Å²) >= 11 is 0. The van der Waals surface area contributed by atoms with Crippen molar-refractivity contribution in [2.24, 2.45) is 7.05 Å². The third kappa shape index (κ3) is 3.54. The second kappa shape index (κ2) is 5.29. The summed E-state index contributed by atoms with van der Waals surface area (Å²) in [6.07, 6.45) is 1.95. The Bertz CT molecular complexity index is 399. The van der Waals surface area contributed by atoms with Gasteiger partial charge in [-0.1, -0.05) is 0 Å². The maximum absolute atomic E-state index is 11.0. The lowest BCUT2D eigenvalue weighted by Gasteiger charge is -2.25. The van der Waals surface area contributed by atoms with E-state index in [2.05, 4.69) is 10.4 Å². The Kier molecular flexibility index (Phi) is 4.25. The van der Waals surface area contributed by atoms with Crippen LogP contribution in [0.5, 0.6) is 0 Å². The number of rotatable bonds is 6. The van der Waals surface area contributed by atoms with Crippen LogP contribution in [-0.2, 0) is 13.6 Å². The summed E-state index contributed by atoms with van der Waals surface area (Å²) < 4.78 is 1.55. The van der Waals surface area contributed by atoms with E-state index < -0.39 is 5.97 Å². The minimum absolute atomic E-state index is 0.0944. The molecule has 0 saturated carbocycles. The van der Waals surface area contributed by atoms with Gasteiger partial charge in [-0.25, -0.2) is 4.79 Å². The van der Waals surface area contributed by atoms with E-state index in [1.807, 2.05) is 13.8 Å². The first-order valence-electron chi connectivity index (χ1n) is 5.47. The average molecular weight is 241 g/mol. The van der Waals surface area contributed by atoms with Crippen LogP contribution < -0.4 is 5.32 Å². The number of nitrogens with one attached hydrogen (secondary N) is 1. The van der Waals surface area contributed by atoms with Gasteiger partial charge < -0.3 is 15.5 Å². The van der Waals surface area contributed by atoms with Gasteiger partial charge in [0.15, 0.2) is 0 Å². The number of carboxylic acids is 1. The highest BCUT2D eigenvalue weighted by molar-refractivity contribution is 5.88. The van der Waals surface area contributed by atoms with E-state index in [0.717, 1.165) is 0 Å². The summed E-state index contributed by atoms with van der Waals surface area (Å²) in [6.45, 7) is 4.42. The topological polar surface area (TPSA) is 87.4 Å². The molecule has 1 rings (SSSR count). The lowest BCUT2D eigenvalue weighted by molar-refractivity contribution is 0.0695. The van der Waals surface area contributed by atoms with E-state index in [-0.39, 0.29) is 17.7 Å². The number of aromatic nitrogens is 2. The largest absolute Gasteiger partial charge is 0.478 e. The van der Waals surface area contributed by atoms with Crippen LogP contribution in [0.2, 0.25) is 0 Å². The van der Waals surface area contributed by atoms with Crippen molar-refractivity contribution in [3.05, 3.63) is 17.5 Å². The van der Waals surface area contributed by atoms with Crippen molar-refractivity contribution in [3.8, 4) is 0 Å². The smallest absolute Gasteiger partial charge is 0.339 e. The van der Waals surface area contributed by atoms with Crippen molar-refractivity contribution < 1.29 is 15.0 Å². The van der Waals surface area contributed by atoms with Gasteiger partial charge in [0.1, 0.15) is 5.56 Å². The molecule has 0 fully saturated rings. The maximum Gasteiger partial charge on any atom is 0.339 e. The highest BCUT2D eigenvalue weighted by Crippen LogP contribution is 2.12. The van der Waals surface area contributed by atoms with Crippen LogP contribution in [0, 0.1) is 0 Å². The van der Waals surface area contributed by atoms with Crippen LogP contribution in [0.15, 0.2) is 6.20 Å². The normalized spacial score (nSPS) is 11.8. The van der Waals surface area contributed by atoms with Crippen molar-refractivity contribution in [3.63, 3.8) is 0 Å². The Balaban J connectivity index is 2.75. The molecule has 96 valence electrons. The number of aromatic carboxylic acids is 1. The van der Waals surface area contributed by atoms with Gasteiger partial charge in [-0.05, 0) is 20.3 Å². The van der Waals surface area contributed by atoms with Crippen LogP contribution in [-0.4, -0.2) is 38.1 Å². The average Bonchev–Trinajstić information content (AvgIpc) is 2.57. The second-order valence-corrected chi connectivity index (χ2v) is 4.64. The zero-order valence-corrected chi connectivity index (χ0v) is 10.4. The quantitative estimate of drug-likeness (QED) is 0.669. The molecule has 1 aromatic heterocycles. The van der Waals surface area contributed by atoms with Crippen LogP contribution >= 0.6 is 0 Å². The third-order valence-corrected chi connectivity index (χ3v) is 2.76. The molecule has 0 aliphatic heterocycles. The Morgan fingerprint density at radius 2 is 2.24 bits per heavy atom. The molecule has 0 amide bonds. The molecule has 0 aromatic carbocycles. The van der Waals surface area contributed by atoms with E-state index in [4.69, 9.17) is 10.2 Å². The fourth-order valence-electron chi connectivity index (χ4n) is 1.54. The summed E-state index contributed by atoms with van der Waals surface area (Å²) in [7, 11) is 1.71. The van der Waals surface area contributed by atoms with Crippen LogP contribution in [0.4, 0.5) is 0 Å². The van der Waals surface area contributed by atoms with Gasteiger partial charge in [0.05, 0.1) is 11.9 Å². The molecule has 0 aliphatic rings. The van der Waals surface area contributed by atoms with Crippen molar-refractivity contribution in [2.45, 2.75) is 32.4 Å². The molecular formula is C11H19N3O3. The predicted molar refractivity (Wildman–Crippen MR) is 62.8 cm³/mol. The van der Waals surface area contributed by atoms with E-state index in [9.17, 15) is 4.79 Å². The van der Waals surface area contributed by atoms with Crippen molar-refractivity contribution in [2.75, 3.05) is 6.61 Å². The molecule has 0 radical (unpaired) electrons. The minimum Gasteiger partial charge on any atom is -0.478 e. The first-order valence-corrected chi connectivity index (χ1v) is 5.47. The van der Waals surface area contributed by atoms with E-state index in [1.165, 1.54) is 6.20 Å². The number of hydrogen-bond acceptors (Lipinski definition) is 4. The molecule has 6 heteroatoms. The summed E-state index contributed by atoms with van der Waals surface area (Å²) in [5.74, 6) is -0.977. The van der Waals surface area contributed by atoms with Crippen molar-refractivity contribution in [1.29, 1.82) is 0 Å². The van der Waals surface area contributed by atoms with Crippen molar-refractivity contribution in [1.82, 2.24) is 15.1 Å². The standard InChI is InChI=1S/C11H19N3O3/c1-11(2,4-5-15)12-7-9-8(10(16)17)6-13-14(9)3/h6,12,15H,4-5,7H2,1-3H3,(H,16,17). The maximum atomic E-state index is 11.0. The van der Waals surface area contributed by atoms with E-state index in [1.54, 1.807) is 11.7 Å². The number of carbonyl (C=O) groups is 1. The molecule has 6 nitrogen and oxygen atoms in total. The number of carboxylic acid groups (broad SMARTS) is 1. The molecule has 1 heterocycles. The van der Waals surface area contributed by atoms with Gasteiger partial charge in [-0.3, -0.25) is 4.68 Å². The van der Waals surface area contributed by atoms with E-state index >= 15 is 0 Å². The molecule has 0 aliphatic carbocycles. The van der Waals surface area contributed by atoms with Gasteiger partial charge in [-0.15, -0.1) is 0 Å². The summed E-state index contributed by atoms with van der Waals surface area (Å²) in [4.78, 5) is 11.0. The van der Waals surface area contributed by atoms with Gasteiger partial charge in [-0.2, -0.15) is 5.10 Å².